The molecule has 0 aliphatic rings. The Morgan fingerprint density at radius 1 is 0.833 bits per heavy atom. The Balaban J connectivity index is 1.65. The largest absolute Gasteiger partial charge is 0.490 e. The lowest BCUT2D eigenvalue weighted by atomic mass is 10.0. The Labute approximate surface area is 182 Å². The Morgan fingerprint density at radius 2 is 1.43 bits per heavy atom. The topological polar surface area (TPSA) is 67.5 Å². The number of unbranched alkanes of at least 4 members (excludes halogenated alkanes) is 9. The molecule has 4 nitrogen and oxygen atoms in total. The number of hydrazine groups is 1. The molecule has 0 fully saturated rings. The first-order valence-electron chi connectivity index (χ1n) is 11.7. The summed E-state index contributed by atoms with van der Waals surface area (Å²) in [6, 6.07) is 15.8. The van der Waals surface area contributed by atoms with E-state index >= 15 is 0 Å². The lowest BCUT2D eigenvalue weighted by molar-refractivity contribution is 0.0977. The van der Waals surface area contributed by atoms with E-state index in [1.54, 1.807) is 0 Å². The van der Waals surface area contributed by atoms with Gasteiger partial charge in [0.1, 0.15) is 12.4 Å². The van der Waals surface area contributed by atoms with Crippen molar-refractivity contribution in [2.75, 3.05) is 12.0 Å². The summed E-state index contributed by atoms with van der Waals surface area (Å²) >= 11 is 0. The van der Waals surface area contributed by atoms with Gasteiger partial charge in [0, 0.05) is 11.3 Å². The van der Waals surface area contributed by atoms with Gasteiger partial charge >= 0.3 is 0 Å². The summed E-state index contributed by atoms with van der Waals surface area (Å²) < 4.78 is 5.96. The van der Waals surface area contributed by atoms with E-state index in [1.807, 2.05) is 48.5 Å². The average Bonchev–Trinajstić information content (AvgIpc) is 2.79. The molecule has 2 rings (SSSR count). The molecule has 0 saturated carbocycles. The summed E-state index contributed by atoms with van der Waals surface area (Å²) in [7, 11) is 0. The van der Waals surface area contributed by atoms with E-state index in [2.05, 4.69) is 12.3 Å². The molecule has 0 bridgehead atoms. The Hall–Kier alpha value is -2.04. The number of hydrogen-bond acceptors (Lipinski definition) is 4. The summed E-state index contributed by atoms with van der Waals surface area (Å²) in [6.07, 6.45) is 13.4. The first kappa shape index (κ1) is 24.2. The van der Waals surface area contributed by atoms with Crippen LogP contribution in [0, 0.1) is 0 Å². The fraction of sp³-hybridized carbons (Fsp3) is 0.538. The molecule has 4 N–H and O–H groups in total. The molecule has 0 saturated heterocycles. The molecular formula is C26H40N2O2. The number of ether oxygens (including phenoxy) is 1. The zero-order chi connectivity index (χ0) is 21.4. The molecule has 2 aromatic carbocycles. The van der Waals surface area contributed by atoms with Gasteiger partial charge in [-0.1, -0.05) is 101 Å². The van der Waals surface area contributed by atoms with Crippen molar-refractivity contribution in [3.63, 3.8) is 0 Å². The highest BCUT2D eigenvalue weighted by atomic mass is 16.5. The van der Waals surface area contributed by atoms with E-state index < -0.39 is 6.10 Å². The first-order valence-corrected chi connectivity index (χ1v) is 11.7. The Morgan fingerprint density at radius 3 is 2.07 bits per heavy atom. The monoisotopic (exact) mass is 412 g/mol. The standard InChI is InChI=1S/C26H40N2O2/c1-2-3-4-5-6-7-8-9-10-11-14-24(29)21-30-26-16-13-12-15-25(26)22-17-19-23(28-27)20-18-22/h12-13,15-20,24,28-29H,2-11,14,21,27H2,1H3. The molecule has 30 heavy (non-hydrogen) atoms. The molecule has 166 valence electrons. The molecule has 2 aromatic rings. The summed E-state index contributed by atoms with van der Waals surface area (Å²) in [4.78, 5) is 0. The normalized spacial score (nSPS) is 12.0. The zero-order valence-electron chi connectivity index (χ0n) is 18.6. The number of aliphatic hydroxyl groups excluding tert-OH is 1. The quantitative estimate of drug-likeness (QED) is 0.163. The number of aliphatic hydroxyl groups is 1. The molecule has 0 radical (unpaired) electrons. The van der Waals surface area contributed by atoms with Gasteiger partial charge in [-0.15, -0.1) is 0 Å². The van der Waals surface area contributed by atoms with Crippen LogP contribution in [0.25, 0.3) is 11.1 Å². The zero-order valence-corrected chi connectivity index (χ0v) is 18.6. The molecule has 0 amide bonds. The van der Waals surface area contributed by atoms with E-state index in [1.165, 1.54) is 57.8 Å². The van der Waals surface area contributed by atoms with Gasteiger partial charge in [-0.2, -0.15) is 0 Å². The fourth-order valence-corrected chi connectivity index (χ4v) is 3.71. The lowest BCUT2D eigenvalue weighted by Crippen LogP contribution is -2.17. The van der Waals surface area contributed by atoms with Crippen LogP contribution in [0.1, 0.15) is 77.6 Å². The lowest BCUT2D eigenvalue weighted by Gasteiger charge is -2.15. The number of anilines is 1. The number of nitrogen functional groups attached to an aromatic ring is 1. The van der Waals surface area contributed by atoms with Crippen LogP contribution in [0.3, 0.4) is 0 Å². The first-order chi connectivity index (χ1) is 14.7. The second-order valence-electron chi connectivity index (χ2n) is 8.15. The van der Waals surface area contributed by atoms with E-state index in [-0.39, 0.29) is 0 Å². The van der Waals surface area contributed by atoms with Crippen LogP contribution in [-0.4, -0.2) is 17.8 Å². The molecule has 1 atom stereocenters. The minimum atomic E-state index is -0.420. The number of rotatable bonds is 16. The van der Waals surface area contributed by atoms with Crippen molar-refractivity contribution in [1.29, 1.82) is 0 Å². The van der Waals surface area contributed by atoms with Crippen molar-refractivity contribution in [2.45, 2.75) is 83.7 Å². The van der Waals surface area contributed by atoms with Crippen molar-refractivity contribution < 1.29 is 9.84 Å². The summed E-state index contributed by atoms with van der Waals surface area (Å²) in [6.45, 7) is 2.59. The smallest absolute Gasteiger partial charge is 0.127 e. The second-order valence-corrected chi connectivity index (χ2v) is 8.15. The number of benzene rings is 2. The van der Waals surface area contributed by atoms with Gasteiger partial charge in [0.05, 0.1) is 6.10 Å². The number of hydrogen-bond donors (Lipinski definition) is 3. The Bertz CT molecular complexity index is 688. The van der Waals surface area contributed by atoms with Gasteiger partial charge in [0.25, 0.3) is 0 Å². The highest BCUT2D eigenvalue weighted by Gasteiger charge is 2.09. The third-order valence-electron chi connectivity index (χ3n) is 5.57. The summed E-state index contributed by atoms with van der Waals surface area (Å²) in [5, 5.41) is 10.3. The van der Waals surface area contributed by atoms with Crippen LogP contribution in [0.4, 0.5) is 5.69 Å². The van der Waals surface area contributed by atoms with Gasteiger partial charge in [0.2, 0.25) is 0 Å². The van der Waals surface area contributed by atoms with Gasteiger partial charge < -0.3 is 15.3 Å². The molecular weight excluding hydrogens is 372 g/mol. The SMILES string of the molecule is CCCCCCCCCCCCC(O)COc1ccccc1-c1ccc(NN)cc1. The van der Waals surface area contributed by atoms with E-state index in [0.29, 0.717) is 6.61 Å². The molecule has 0 aliphatic carbocycles. The highest BCUT2D eigenvalue weighted by molar-refractivity contribution is 5.71. The molecule has 0 aliphatic heterocycles. The summed E-state index contributed by atoms with van der Waals surface area (Å²) in [5.41, 5.74) is 5.59. The van der Waals surface area contributed by atoms with E-state index in [4.69, 9.17) is 10.6 Å². The second kappa shape index (κ2) is 14.9. The van der Waals surface area contributed by atoms with E-state index in [9.17, 15) is 5.11 Å². The Kier molecular flexibility index (Phi) is 12.0. The minimum absolute atomic E-state index is 0.330. The van der Waals surface area contributed by atoms with Crippen molar-refractivity contribution in [1.82, 2.24) is 0 Å². The van der Waals surface area contributed by atoms with Gasteiger partial charge in [-0.05, 0) is 30.2 Å². The predicted molar refractivity (Wildman–Crippen MR) is 128 cm³/mol. The number of nitrogens with two attached hydrogens (primary N) is 1. The van der Waals surface area contributed by atoms with Crippen LogP contribution in [0.5, 0.6) is 5.75 Å². The molecule has 1 unspecified atom stereocenters. The van der Waals surface area contributed by atoms with Crippen LogP contribution in [0.2, 0.25) is 0 Å². The van der Waals surface area contributed by atoms with Crippen molar-refractivity contribution in [2.24, 2.45) is 5.84 Å². The van der Waals surface area contributed by atoms with Gasteiger partial charge in [-0.25, -0.2) is 0 Å². The third kappa shape index (κ3) is 9.19. The van der Waals surface area contributed by atoms with Crippen molar-refractivity contribution >= 4 is 5.69 Å². The van der Waals surface area contributed by atoms with Crippen molar-refractivity contribution in [3.8, 4) is 16.9 Å². The molecule has 0 heterocycles. The summed E-state index contributed by atoms with van der Waals surface area (Å²) in [5.74, 6) is 6.24. The molecule has 0 aromatic heterocycles. The number of para-hydroxylation sites is 1. The van der Waals surface area contributed by atoms with Gasteiger partial charge in [-0.3, -0.25) is 5.84 Å². The maximum absolute atomic E-state index is 10.3. The molecule has 4 heteroatoms. The fourth-order valence-electron chi connectivity index (χ4n) is 3.71. The van der Waals surface area contributed by atoms with Gasteiger partial charge in [0.15, 0.2) is 0 Å². The van der Waals surface area contributed by atoms with Crippen LogP contribution in [0.15, 0.2) is 48.5 Å². The maximum Gasteiger partial charge on any atom is 0.127 e. The van der Waals surface area contributed by atoms with Crippen LogP contribution >= 0.6 is 0 Å². The minimum Gasteiger partial charge on any atom is -0.490 e. The van der Waals surface area contributed by atoms with Crippen LogP contribution < -0.4 is 16.0 Å². The number of nitrogens with one attached hydrogen (secondary N) is 1. The average molecular weight is 413 g/mol. The predicted octanol–water partition coefficient (Wildman–Crippen LogP) is 6.69. The van der Waals surface area contributed by atoms with Crippen molar-refractivity contribution in [3.05, 3.63) is 48.5 Å². The van der Waals surface area contributed by atoms with Crippen LogP contribution in [-0.2, 0) is 0 Å². The van der Waals surface area contributed by atoms with E-state index in [0.717, 1.165) is 35.4 Å². The highest BCUT2D eigenvalue weighted by Crippen LogP contribution is 2.30. The molecule has 0 spiro atoms. The maximum atomic E-state index is 10.3. The third-order valence-corrected chi connectivity index (χ3v) is 5.57.